The van der Waals surface area contributed by atoms with Crippen LogP contribution in [0, 0.1) is 17.6 Å². The summed E-state index contributed by atoms with van der Waals surface area (Å²) in [6, 6.07) is 7.09. The summed E-state index contributed by atoms with van der Waals surface area (Å²) in [7, 11) is 3.14. The molecule has 1 saturated heterocycles. The second-order valence-electron chi connectivity index (χ2n) is 11.4. The van der Waals surface area contributed by atoms with Gasteiger partial charge in [0.05, 0.1) is 18.0 Å². The molecule has 2 aliphatic rings. The first-order valence-corrected chi connectivity index (χ1v) is 13.8. The van der Waals surface area contributed by atoms with Crippen molar-refractivity contribution >= 4 is 28.3 Å². The molecule has 0 saturated carbocycles. The van der Waals surface area contributed by atoms with Gasteiger partial charge in [0.1, 0.15) is 11.5 Å². The second kappa shape index (κ2) is 11.0. The number of carbonyl (C=O) groups is 2. The fourth-order valence-corrected chi connectivity index (χ4v) is 5.78. The van der Waals surface area contributed by atoms with Crippen LogP contribution < -0.4 is 5.32 Å². The Hall–Kier alpha value is -3.66. The highest BCUT2D eigenvalue weighted by molar-refractivity contribution is 6.04. The third-order valence-corrected chi connectivity index (χ3v) is 7.96. The van der Waals surface area contributed by atoms with Gasteiger partial charge < -0.3 is 20.1 Å². The maximum absolute atomic E-state index is 16.1. The van der Waals surface area contributed by atoms with Crippen LogP contribution in [0.15, 0.2) is 36.4 Å². The number of aromatic nitrogens is 1. The van der Waals surface area contributed by atoms with Crippen molar-refractivity contribution in [2.24, 2.45) is 5.92 Å². The number of benzene rings is 2. The van der Waals surface area contributed by atoms with Gasteiger partial charge in [-0.3, -0.25) is 9.59 Å². The number of piperidine rings is 1. The molecule has 6 nitrogen and oxygen atoms in total. The monoisotopic (exact) mass is 572 g/mol. The molecule has 0 unspecified atom stereocenters. The topological polar surface area (TPSA) is 68.4 Å². The van der Waals surface area contributed by atoms with Gasteiger partial charge in [-0.2, -0.15) is 0 Å². The summed E-state index contributed by atoms with van der Waals surface area (Å²) in [5.41, 5.74) is 1.55. The lowest BCUT2D eigenvalue weighted by Crippen LogP contribution is -2.44. The van der Waals surface area contributed by atoms with Crippen molar-refractivity contribution in [1.29, 1.82) is 0 Å². The maximum atomic E-state index is 16.1. The predicted molar refractivity (Wildman–Crippen MR) is 153 cm³/mol. The number of H-pyrrole nitrogens is 1. The van der Waals surface area contributed by atoms with Crippen molar-refractivity contribution in [1.82, 2.24) is 20.1 Å². The minimum absolute atomic E-state index is 0. The van der Waals surface area contributed by atoms with Crippen molar-refractivity contribution in [2.75, 3.05) is 40.3 Å². The smallest absolute Gasteiger partial charge is 0.269 e. The zero-order valence-corrected chi connectivity index (χ0v) is 23.6. The van der Waals surface area contributed by atoms with E-state index >= 15 is 8.78 Å². The number of hydrogen-bond acceptors (Lipinski definition) is 3. The van der Waals surface area contributed by atoms with Crippen LogP contribution in [0.2, 0.25) is 0 Å². The minimum atomic E-state index is -3.02. The van der Waals surface area contributed by atoms with Gasteiger partial charge >= 0.3 is 0 Å². The summed E-state index contributed by atoms with van der Waals surface area (Å²) >= 11 is 0. The van der Waals surface area contributed by atoms with Gasteiger partial charge in [0.15, 0.2) is 5.82 Å². The van der Waals surface area contributed by atoms with E-state index < -0.39 is 30.0 Å². The van der Waals surface area contributed by atoms with Gasteiger partial charge in [-0.05, 0) is 54.3 Å². The molecule has 0 spiro atoms. The molecule has 5 rings (SSSR count). The molecule has 1 atom stereocenters. The van der Waals surface area contributed by atoms with Crippen LogP contribution in [0.5, 0.6) is 0 Å². The van der Waals surface area contributed by atoms with Crippen LogP contribution in [0.25, 0.3) is 27.6 Å². The molecule has 0 bridgehead atoms. The number of nitrogens with zero attached hydrogens (tertiary/aromatic N) is 2. The van der Waals surface area contributed by atoms with Gasteiger partial charge in [0, 0.05) is 51.0 Å². The van der Waals surface area contributed by atoms with E-state index in [0.29, 0.717) is 36.0 Å². The van der Waals surface area contributed by atoms with E-state index in [1.165, 1.54) is 29.2 Å². The molecule has 3 heterocycles. The summed E-state index contributed by atoms with van der Waals surface area (Å²) in [6.07, 6.45) is 2.57. The molecule has 41 heavy (non-hydrogen) atoms. The van der Waals surface area contributed by atoms with Gasteiger partial charge in [-0.25, -0.2) is 17.6 Å². The summed E-state index contributed by atoms with van der Waals surface area (Å²) in [6.45, 7) is 4.25. The van der Waals surface area contributed by atoms with Crippen LogP contribution in [-0.4, -0.2) is 72.8 Å². The Kier molecular flexibility index (Phi) is 7.72. The molecule has 1 aromatic heterocycles. The lowest BCUT2D eigenvalue weighted by Gasteiger charge is -2.32. The first-order chi connectivity index (χ1) is 19.4. The summed E-state index contributed by atoms with van der Waals surface area (Å²) < 4.78 is 61.1. The van der Waals surface area contributed by atoms with Crippen LogP contribution >= 0.6 is 0 Å². The fourth-order valence-electron chi connectivity index (χ4n) is 5.78. The molecule has 2 aliphatic heterocycles. The quantitative estimate of drug-likeness (QED) is 0.366. The highest BCUT2D eigenvalue weighted by Gasteiger charge is 2.42. The zero-order valence-electron chi connectivity index (χ0n) is 23.6. The normalized spacial score (nSPS) is 19.0. The molecule has 10 heteroatoms. The van der Waals surface area contributed by atoms with E-state index in [4.69, 9.17) is 0 Å². The third-order valence-electron chi connectivity index (χ3n) is 7.96. The summed E-state index contributed by atoms with van der Waals surface area (Å²) in [5, 5.41) is 2.97. The number of carbonyl (C=O) groups excluding carboxylic acids is 2. The average Bonchev–Trinajstić information content (AvgIpc) is 3.38. The maximum Gasteiger partial charge on any atom is 0.269 e. The number of fused-ring (bicyclic) bond motifs is 1. The van der Waals surface area contributed by atoms with Crippen molar-refractivity contribution in [3.8, 4) is 11.1 Å². The highest BCUT2D eigenvalue weighted by atomic mass is 19.3. The molecule has 2 amide bonds. The number of nitrogens with one attached hydrogen (secondary N) is 2. The van der Waals surface area contributed by atoms with Gasteiger partial charge in [0.2, 0.25) is 5.91 Å². The molecule has 2 N–H and O–H groups in total. The lowest BCUT2D eigenvalue weighted by molar-refractivity contribution is -0.133. The third kappa shape index (κ3) is 5.37. The zero-order chi connectivity index (χ0) is 29.6. The standard InChI is InChI=1S/C31H34F4N4O2.H2/c1-17(2)29(40)39-11-5-6-19(15-39)21-13-22(23-14-26(30(41)38(3)4)37-28(23)27(21)33)20-8-7-18(12-25(20)32)24-9-10-36-16-31(24,34)35;/h6-8,12-14,17,24,36-37H,5,9-11,15-16H2,1-4H3;1H/t24-;/m0./s1. The number of hydrogen-bond donors (Lipinski definition) is 2. The van der Waals surface area contributed by atoms with E-state index in [1.807, 2.05) is 6.08 Å². The minimum Gasteiger partial charge on any atom is -0.348 e. The number of amides is 2. The van der Waals surface area contributed by atoms with Gasteiger partial charge in [0.25, 0.3) is 11.8 Å². The Bertz CT molecular complexity index is 1550. The number of halogens is 4. The molecular formula is C31H36F4N4O2. The highest BCUT2D eigenvalue weighted by Crippen LogP contribution is 2.41. The van der Waals surface area contributed by atoms with Crippen molar-refractivity contribution < 1.29 is 28.6 Å². The number of alkyl halides is 2. The largest absolute Gasteiger partial charge is 0.348 e. The molecule has 0 aliphatic carbocycles. The Morgan fingerprint density at radius 1 is 1.10 bits per heavy atom. The van der Waals surface area contributed by atoms with E-state index in [0.717, 1.165) is 6.07 Å². The number of aromatic amines is 1. The SMILES string of the molecule is CC(C)C(=O)N1CCC=C(c2cc(-c3ccc([C@@H]4CCNCC4(F)F)cc3F)c3cc(C(=O)N(C)C)[nH]c3c2F)C1.[HH]. The molecule has 220 valence electrons. The Morgan fingerprint density at radius 2 is 1.85 bits per heavy atom. The second-order valence-corrected chi connectivity index (χ2v) is 11.4. The molecule has 0 radical (unpaired) electrons. The predicted octanol–water partition coefficient (Wildman–Crippen LogP) is 6.04. The average molecular weight is 573 g/mol. The summed E-state index contributed by atoms with van der Waals surface area (Å²) in [5.74, 6) is -6.12. The van der Waals surface area contributed by atoms with Crippen LogP contribution in [0.1, 0.15) is 55.6 Å². The summed E-state index contributed by atoms with van der Waals surface area (Å²) in [4.78, 5) is 31.4. The molecule has 1 fully saturated rings. The Labute approximate surface area is 237 Å². The number of rotatable bonds is 5. The first kappa shape index (κ1) is 28.9. The Morgan fingerprint density at radius 3 is 2.51 bits per heavy atom. The van der Waals surface area contributed by atoms with E-state index in [1.54, 1.807) is 32.8 Å². The van der Waals surface area contributed by atoms with Gasteiger partial charge in [-0.1, -0.05) is 32.1 Å². The van der Waals surface area contributed by atoms with Crippen LogP contribution in [0.4, 0.5) is 17.6 Å². The molecule has 3 aromatic rings. The Balaban J connectivity index is 0.00000405. The van der Waals surface area contributed by atoms with Crippen LogP contribution in [0.3, 0.4) is 0 Å². The molecular weight excluding hydrogens is 536 g/mol. The van der Waals surface area contributed by atoms with E-state index in [2.05, 4.69) is 10.3 Å². The van der Waals surface area contributed by atoms with Crippen molar-refractivity contribution in [2.45, 2.75) is 38.5 Å². The van der Waals surface area contributed by atoms with Gasteiger partial charge in [-0.15, -0.1) is 0 Å². The first-order valence-electron chi connectivity index (χ1n) is 13.8. The lowest BCUT2D eigenvalue weighted by atomic mass is 9.85. The van der Waals surface area contributed by atoms with Crippen LogP contribution in [-0.2, 0) is 4.79 Å². The van der Waals surface area contributed by atoms with Crippen molar-refractivity contribution in [3.63, 3.8) is 0 Å². The fraction of sp³-hybridized carbons (Fsp3) is 0.419. The van der Waals surface area contributed by atoms with E-state index in [-0.39, 0.29) is 60.0 Å². The molecule has 2 aromatic carbocycles. The van der Waals surface area contributed by atoms with E-state index in [9.17, 15) is 18.4 Å². The van der Waals surface area contributed by atoms with Crippen molar-refractivity contribution in [3.05, 3.63) is 64.9 Å².